The highest BCUT2D eigenvalue weighted by molar-refractivity contribution is 7.98. The number of fused-ring (bicyclic) bond motifs is 1. The molecule has 1 amide bonds. The van der Waals surface area contributed by atoms with Crippen molar-refractivity contribution in [3.63, 3.8) is 0 Å². The summed E-state index contributed by atoms with van der Waals surface area (Å²) in [5.74, 6) is -0.0178. The van der Waals surface area contributed by atoms with E-state index in [1.54, 1.807) is 30.8 Å². The molecule has 2 heterocycles. The number of hydrogen-bond donors (Lipinski definition) is 0. The minimum Gasteiger partial charge on any atom is -0.462 e. The molecule has 3 rings (SSSR count). The Hall–Kier alpha value is -1.69. The Morgan fingerprint density at radius 3 is 2.61 bits per heavy atom. The van der Waals surface area contributed by atoms with Gasteiger partial charge in [0, 0.05) is 31.3 Å². The third-order valence-electron chi connectivity index (χ3n) is 5.19. The maximum Gasteiger partial charge on any atom is 0.338 e. The largest absolute Gasteiger partial charge is 0.462 e. The molecule has 2 aromatic rings. The van der Waals surface area contributed by atoms with Gasteiger partial charge < -0.3 is 9.30 Å². The van der Waals surface area contributed by atoms with Crippen LogP contribution in [0, 0.1) is 5.92 Å². The van der Waals surface area contributed by atoms with Crippen LogP contribution in [0.15, 0.2) is 23.2 Å². The standard InChI is InChI=1S/C20H27N3O5S3/c1-4-28-19(25)15-5-6-16-17(13-15)30-20(23(16)11-12-29-2)21-18(24)14-7-9-22(10-8-14)31(3,26)27/h5-6,13-14H,4,7-12H2,1-3H3. The predicted molar refractivity (Wildman–Crippen MR) is 124 cm³/mol. The van der Waals surface area contributed by atoms with E-state index in [1.165, 1.54) is 21.9 Å². The van der Waals surface area contributed by atoms with Crippen molar-refractivity contribution in [2.45, 2.75) is 26.3 Å². The Labute approximate surface area is 190 Å². The lowest BCUT2D eigenvalue weighted by Gasteiger charge is -2.28. The smallest absolute Gasteiger partial charge is 0.338 e. The van der Waals surface area contributed by atoms with Crippen molar-refractivity contribution in [1.29, 1.82) is 0 Å². The summed E-state index contributed by atoms with van der Waals surface area (Å²) in [6.45, 7) is 3.45. The number of ether oxygens (including phenoxy) is 1. The Morgan fingerprint density at radius 2 is 2.00 bits per heavy atom. The fourth-order valence-corrected chi connectivity index (χ4v) is 5.86. The highest BCUT2D eigenvalue weighted by atomic mass is 32.2. The van der Waals surface area contributed by atoms with Crippen molar-refractivity contribution in [2.24, 2.45) is 10.9 Å². The number of piperidine rings is 1. The molecule has 1 aromatic heterocycles. The van der Waals surface area contributed by atoms with E-state index in [4.69, 9.17) is 4.74 Å². The van der Waals surface area contributed by atoms with E-state index in [2.05, 4.69) is 4.99 Å². The Morgan fingerprint density at radius 1 is 1.29 bits per heavy atom. The summed E-state index contributed by atoms with van der Waals surface area (Å²) in [4.78, 5) is 30.0. The van der Waals surface area contributed by atoms with E-state index >= 15 is 0 Å². The average molecular weight is 486 g/mol. The van der Waals surface area contributed by atoms with Crippen LogP contribution in [0.25, 0.3) is 10.2 Å². The van der Waals surface area contributed by atoms with Gasteiger partial charge >= 0.3 is 5.97 Å². The van der Waals surface area contributed by atoms with Crippen LogP contribution < -0.4 is 4.80 Å². The van der Waals surface area contributed by atoms with Gasteiger partial charge in [-0.05, 0) is 44.2 Å². The summed E-state index contributed by atoms with van der Waals surface area (Å²) >= 11 is 3.08. The quantitative estimate of drug-likeness (QED) is 0.559. The lowest BCUT2D eigenvalue weighted by atomic mass is 9.98. The average Bonchev–Trinajstić information content (AvgIpc) is 3.07. The monoisotopic (exact) mass is 485 g/mol. The van der Waals surface area contributed by atoms with Gasteiger partial charge in [-0.15, -0.1) is 0 Å². The van der Waals surface area contributed by atoms with Gasteiger partial charge in [-0.2, -0.15) is 16.8 Å². The number of benzene rings is 1. The van der Waals surface area contributed by atoms with Crippen LogP contribution in [0.3, 0.4) is 0 Å². The molecular weight excluding hydrogens is 458 g/mol. The number of thioether (sulfide) groups is 1. The second-order valence-corrected chi connectivity index (χ2v) is 11.3. The molecule has 0 aliphatic carbocycles. The van der Waals surface area contributed by atoms with Gasteiger partial charge in [0.1, 0.15) is 0 Å². The third kappa shape index (κ3) is 5.76. The molecule has 11 heteroatoms. The molecule has 170 valence electrons. The number of esters is 1. The molecule has 1 aromatic carbocycles. The molecule has 0 radical (unpaired) electrons. The summed E-state index contributed by atoms with van der Waals surface area (Å²) in [6, 6.07) is 5.38. The topological polar surface area (TPSA) is 98.0 Å². The number of carbonyl (C=O) groups is 2. The fraction of sp³-hybridized carbons (Fsp3) is 0.550. The number of rotatable bonds is 7. The predicted octanol–water partition coefficient (Wildman–Crippen LogP) is 2.34. The van der Waals surface area contributed by atoms with Crippen molar-refractivity contribution < 1.29 is 22.7 Å². The zero-order valence-corrected chi connectivity index (χ0v) is 20.3. The van der Waals surface area contributed by atoms with Crippen molar-refractivity contribution in [3.8, 4) is 0 Å². The summed E-state index contributed by atoms with van der Waals surface area (Å²) in [6.07, 6.45) is 4.15. The first kappa shape index (κ1) is 24.0. The first-order valence-electron chi connectivity index (χ1n) is 10.1. The van der Waals surface area contributed by atoms with Crippen molar-refractivity contribution >= 4 is 55.2 Å². The minimum atomic E-state index is -3.23. The highest BCUT2D eigenvalue weighted by Gasteiger charge is 2.29. The van der Waals surface area contributed by atoms with Crippen molar-refractivity contribution in [3.05, 3.63) is 28.6 Å². The van der Waals surface area contributed by atoms with Crippen molar-refractivity contribution in [2.75, 3.05) is 38.0 Å². The summed E-state index contributed by atoms with van der Waals surface area (Å²) in [5, 5.41) is 0. The molecule has 0 saturated carbocycles. The molecule has 31 heavy (non-hydrogen) atoms. The molecule has 0 spiro atoms. The first-order chi connectivity index (χ1) is 14.7. The lowest BCUT2D eigenvalue weighted by molar-refractivity contribution is -0.122. The first-order valence-corrected chi connectivity index (χ1v) is 14.1. The number of sulfonamides is 1. The molecule has 1 aliphatic heterocycles. The Balaban J connectivity index is 1.91. The molecule has 1 saturated heterocycles. The van der Waals surface area contributed by atoms with Gasteiger partial charge in [-0.3, -0.25) is 4.79 Å². The fourth-order valence-electron chi connectivity index (χ4n) is 3.52. The van der Waals surface area contributed by atoms with E-state index in [1.807, 2.05) is 16.9 Å². The molecule has 8 nitrogen and oxygen atoms in total. The second-order valence-electron chi connectivity index (χ2n) is 7.32. The maximum absolute atomic E-state index is 12.9. The van der Waals surface area contributed by atoms with Gasteiger partial charge in [0.05, 0.1) is 28.6 Å². The molecule has 0 atom stereocenters. The Bertz CT molecular complexity index is 1130. The minimum absolute atomic E-state index is 0.219. The summed E-state index contributed by atoms with van der Waals surface area (Å²) < 4.78 is 32.8. The van der Waals surface area contributed by atoms with Gasteiger partial charge in [0.2, 0.25) is 10.0 Å². The zero-order chi connectivity index (χ0) is 22.6. The van der Waals surface area contributed by atoms with Crippen LogP contribution >= 0.6 is 23.1 Å². The van der Waals surface area contributed by atoms with Crippen LogP contribution in [0.1, 0.15) is 30.1 Å². The van der Waals surface area contributed by atoms with Crippen LogP contribution in [0.4, 0.5) is 0 Å². The normalized spacial score (nSPS) is 16.7. The van der Waals surface area contributed by atoms with Crippen LogP contribution in [0.5, 0.6) is 0 Å². The van der Waals surface area contributed by atoms with E-state index < -0.39 is 10.0 Å². The summed E-state index contributed by atoms with van der Waals surface area (Å²) in [5.41, 5.74) is 1.39. The van der Waals surface area contributed by atoms with E-state index in [0.717, 1.165) is 16.0 Å². The molecule has 0 N–H and O–H groups in total. The number of aromatic nitrogens is 1. The molecule has 0 bridgehead atoms. The Kier molecular flexibility index (Phi) is 7.95. The highest BCUT2D eigenvalue weighted by Crippen LogP contribution is 2.22. The number of carbonyl (C=O) groups excluding carboxylic acids is 2. The SMILES string of the molecule is CCOC(=O)c1ccc2c(c1)sc(=NC(=O)C1CCN(S(C)(=O)=O)CC1)n2CCSC. The molecule has 1 fully saturated rings. The zero-order valence-electron chi connectivity index (χ0n) is 17.9. The lowest BCUT2D eigenvalue weighted by Crippen LogP contribution is -2.39. The van der Waals surface area contributed by atoms with Crippen molar-refractivity contribution in [1.82, 2.24) is 8.87 Å². The van der Waals surface area contributed by atoms with Gasteiger partial charge in [0.15, 0.2) is 4.80 Å². The number of aryl methyl sites for hydroxylation is 1. The number of hydrogen-bond acceptors (Lipinski definition) is 7. The second kappa shape index (κ2) is 10.3. The van der Waals surface area contributed by atoms with Crippen LogP contribution in [-0.2, 0) is 26.1 Å². The number of thiazole rings is 1. The van der Waals surface area contributed by atoms with E-state index in [-0.39, 0.29) is 17.8 Å². The van der Waals surface area contributed by atoms with Gasteiger partial charge in [0.25, 0.3) is 5.91 Å². The number of amides is 1. The van der Waals surface area contributed by atoms with E-state index in [9.17, 15) is 18.0 Å². The van der Waals surface area contributed by atoms with E-state index in [0.29, 0.717) is 49.4 Å². The van der Waals surface area contributed by atoms with Crippen LogP contribution in [-0.4, -0.2) is 67.1 Å². The molecule has 0 unspecified atom stereocenters. The molecular formula is C20H27N3O5S3. The molecule has 1 aliphatic rings. The van der Waals surface area contributed by atoms with Crippen LogP contribution in [0.2, 0.25) is 0 Å². The summed E-state index contributed by atoms with van der Waals surface area (Å²) in [7, 11) is -3.23. The number of nitrogens with zero attached hydrogens (tertiary/aromatic N) is 3. The van der Waals surface area contributed by atoms with Gasteiger partial charge in [-0.1, -0.05) is 11.3 Å². The third-order valence-corrected chi connectivity index (χ3v) is 8.13. The maximum atomic E-state index is 12.9. The van der Waals surface area contributed by atoms with Gasteiger partial charge in [-0.25, -0.2) is 17.5 Å².